The minimum atomic E-state index is -0.563. The van der Waals surface area contributed by atoms with Crippen LogP contribution in [0.25, 0.3) is 0 Å². The molecule has 3 N–H and O–H groups in total. The molecule has 0 spiro atoms. The standard InChI is InChI=1S/C21H18N2O2/c22-18-13-7-12-17(14-18)20(24)23-21(25)19(15-8-3-1-4-9-15)16-10-5-2-6-11-16/h1-14,19H,22H2,(H,23,24,25). The summed E-state index contributed by atoms with van der Waals surface area (Å²) in [6, 6.07) is 25.3. The van der Waals surface area contributed by atoms with Gasteiger partial charge in [-0.2, -0.15) is 0 Å². The van der Waals surface area contributed by atoms with E-state index in [2.05, 4.69) is 5.32 Å². The van der Waals surface area contributed by atoms with E-state index in [-0.39, 0.29) is 5.91 Å². The Labute approximate surface area is 146 Å². The van der Waals surface area contributed by atoms with E-state index in [1.54, 1.807) is 24.3 Å². The van der Waals surface area contributed by atoms with Gasteiger partial charge in [-0.3, -0.25) is 14.9 Å². The minimum Gasteiger partial charge on any atom is -0.399 e. The smallest absolute Gasteiger partial charge is 0.257 e. The lowest BCUT2D eigenvalue weighted by atomic mass is 9.90. The number of carbonyl (C=O) groups excluding carboxylic acids is 2. The number of rotatable bonds is 4. The highest BCUT2D eigenvalue weighted by molar-refractivity contribution is 6.07. The second kappa shape index (κ2) is 7.45. The van der Waals surface area contributed by atoms with Gasteiger partial charge in [-0.15, -0.1) is 0 Å². The number of nitrogens with two attached hydrogens (primary N) is 1. The molecule has 3 rings (SSSR count). The Morgan fingerprint density at radius 1 is 0.760 bits per heavy atom. The number of amides is 2. The van der Waals surface area contributed by atoms with Crippen molar-refractivity contribution in [1.82, 2.24) is 5.32 Å². The molecule has 0 aliphatic carbocycles. The topological polar surface area (TPSA) is 72.2 Å². The van der Waals surface area contributed by atoms with Crippen molar-refractivity contribution in [2.45, 2.75) is 5.92 Å². The van der Waals surface area contributed by atoms with E-state index >= 15 is 0 Å². The molecule has 2 amide bonds. The quantitative estimate of drug-likeness (QED) is 0.721. The lowest BCUT2D eigenvalue weighted by Crippen LogP contribution is -2.35. The van der Waals surface area contributed by atoms with Gasteiger partial charge in [0, 0.05) is 11.3 Å². The van der Waals surface area contributed by atoms with E-state index in [1.165, 1.54) is 0 Å². The number of benzene rings is 3. The van der Waals surface area contributed by atoms with Gasteiger partial charge in [0.2, 0.25) is 5.91 Å². The van der Waals surface area contributed by atoms with Crippen LogP contribution >= 0.6 is 0 Å². The Balaban J connectivity index is 1.89. The summed E-state index contributed by atoms with van der Waals surface area (Å²) in [5.41, 5.74) is 8.18. The molecular formula is C21H18N2O2. The van der Waals surface area contributed by atoms with Crippen LogP contribution in [0.5, 0.6) is 0 Å². The van der Waals surface area contributed by atoms with E-state index in [1.807, 2.05) is 60.7 Å². The Kier molecular flexibility index (Phi) is 4.90. The van der Waals surface area contributed by atoms with Crippen LogP contribution in [0.3, 0.4) is 0 Å². The molecular weight excluding hydrogens is 312 g/mol. The summed E-state index contributed by atoms with van der Waals surface area (Å²) in [5, 5.41) is 2.49. The van der Waals surface area contributed by atoms with E-state index in [0.29, 0.717) is 11.3 Å². The maximum Gasteiger partial charge on any atom is 0.257 e. The lowest BCUT2D eigenvalue weighted by Gasteiger charge is -2.17. The highest BCUT2D eigenvalue weighted by Gasteiger charge is 2.24. The van der Waals surface area contributed by atoms with Gasteiger partial charge in [-0.1, -0.05) is 66.7 Å². The molecule has 0 atom stereocenters. The normalized spacial score (nSPS) is 10.4. The van der Waals surface area contributed by atoms with Crippen molar-refractivity contribution in [1.29, 1.82) is 0 Å². The number of carbonyl (C=O) groups is 2. The van der Waals surface area contributed by atoms with Gasteiger partial charge in [-0.05, 0) is 29.3 Å². The highest BCUT2D eigenvalue weighted by atomic mass is 16.2. The molecule has 0 saturated carbocycles. The van der Waals surface area contributed by atoms with Gasteiger partial charge in [0.1, 0.15) is 0 Å². The van der Waals surface area contributed by atoms with Crippen LogP contribution in [-0.4, -0.2) is 11.8 Å². The fourth-order valence-corrected chi connectivity index (χ4v) is 2.72. The number of nitrogen functional groups attached to an aromatic ring is 1. The molecule has 0 bridgehead atoms. The number of hydrogen-bond acceptors (Lipinski definition) is 3. The van der Waals surface area contributed by atoms with Gasteiger partial charge in [0.15, 0.2) is 0 Å². The number of nitrogens with one attached hydrogen (secondary N) is 1. The molecule has 0 radical (unpaired) electrons. The summed E-state index contributed by atoms with van der Waals surface area (Å²) in [4.78, 5) is 25.2. The van der Waals surface area contributed by atoms with Gasteiger partial charge < -0.3 is 5.73 Å². The molecule has 3 aromatic rings. The number of anilines is 1. The Morgan fingerprint density at radius 2 is 1.32 bits per heavy atom. The van der Waals surface area contributed by atoms with Gasteiger partial charge in [-0.25, -0.2) is 0 Å². The van der Waals surface area contributed by atoms with Crippen molar-refractivity contribution in [3.8, 4) is 0 Å². The fraction of sp³-hybridized carbons (Fsp3) is 0.0476. The van der Waals surface area contributed by atoms with Gasteiger partial charge in [0.25, 0.3) is 5.91 Å². The van der Waals surface area contributed by atoms with E-state index in [9.17, 15) is 9.59 Å². The van der Waals surface area contributed by atoms with Gasteiger partial charge in [0.05, 0.1) is 5.92 Å². The molecule has 0 saturated heterocycles. The maximum absolute atomic E-state index is 12.8. The maximum atomic E-state index is 12.8. The minimum absolute atomic E-state index is 0.355. The van der Waals surface area contributed by atoms with E-state index in [4.69, 9.17) is 5.73 Å². The fourth-order valence-electron chi connectivity index (χ4n) is 2.72. The van der Waals surface area contributed by atoms with Crippen LogP contribution in [0.15, 0.2) is 84.9 Å². The summed E-state index contributed by atoms with van der Waals surface area (Å²) >= 11 is 0. The van der Waals surface area contributed by atoms with E-state index in [0.717, 1.165) is 11.1 Å². The Morgan fingerprint density at radius 3 is 1.84 bits per heavy atom. The van der Waals surface area contributed by atoms with Crippen molar-refractivity contribution >= 4 is 17.5 Å². The zero-order valence-electron chi connectivity index (χ0n) is 13.6. The molecule has 124 valence electrons. The highest BCUT2D eigenvalue weighted by Crippen LogP contribution is 2.24. The lowest BCUT2D eigenvalue weighted by molar-refractivity contribution is -0.120. The molecule has 0 unspecified atom stereocenters. The zero-order chi connectivity index (χ0) is 17.6. The molecule has 25 heavy (non-hydrogen) atoms. The first-order valence-electron chi connectivity index (χ1n) is 7.96. The first-order valence-corrected chi connectivity index (χ1v) is 7.96. The van der Waals surface area contributed by atoms with Crippen molar-refractivity contribution in [2.75, 3.05) is 5.73 Å². The molecule has 4 heteroatoms. The number of hydrogen-bond donors (Lipinski definition) is 2. The van der Waals surface area contributed by atoms with Crippen LogP contribution < -0.4 is 11.1 Å². The predicted octanol–water partition coefficient (Wildman–Crippen LogP) is 3.36. The summed E-state index contributed by atoms with van der Waals surface area (Å²) in [6.07, 6.45) is 0. The second-order valence-corrected chi connectivity index (χ2v) is 5.70. The van der Waals surface area contributed by atoms with Crippen LogP contribution in [0.1, 0.15) is 27.4 Å². The van der Waals surface area contributed by atoms with Crippen molar-refractivity contribution in [3.05, 3.63) is 102 Å². The van der Waals surface area contributed by atoms with Gasteiger partial charge >= 0.3 is 0 Å². The Bertz CT molecular complexity index is 837. The number of imide groups is 1. The third-order valence-electron chi connectivity index (χ3n) is 3.91. The molecule has 0 aromatic heterocycles. The van der Waals surface area contributed by atoms with E-state index < -0.39 is 11.8 Å². The summed E-state index contributed by atoms with van der Waals surface area (Å²) in [6.45, 7) is 0. The summed E-state index contributed by atoms with van der Waals surface area (Å²) in [7, 11) is 0. The van der Waals surface area contributed by atoms with Crippen molar-refractivity contribution in [3.63, 3.8) is 0 Å². The first kappa shape index (κ1) is 16.5. The van der Waals surface area contributed by atoms with Crippen molar-refractivity contribution < 1.29 is 9.59 Å². The molecule has 4 nitrogen and oxygen atoms in total. The van der Waals surface area contributed by atoms with Crippen LogP contribution in [0.4, 0.5) is 5.69 Å². The summed E-state index contributed by atoms with van der Waals surface area (Å²) < 4.78 is 0. The predicted molar refractivity (Wildman–Crippen MR) is 98.1 cm³/mol. The molecule has 3 aromatic carbocycles. The van der Waals surface area contributed by atoms with Crippen LogP contribution in [0.2, 0.25) is 0 Å². The SMILES string of the molecule is Nc1cccc(C(=O)NC(=O)C(c2ccccc2)c2ccccc2)c1. The third kappa shape index (κ3) is 3.93. The summed E-state index contributed by atoms with van der Waals surface area (Å²) in [5.74, 6) is -1.40. The largest absolute Gasteiger partial charge is 0.399 e. The first-order chi connectivity index (χ1) is 12.1. The Hall–Kier alpha value is -3.40. The third-order valence-corrected chi connectivity index (χ3v) is 3.91. The van der Waals surface area contributed by atoms with Crippen molar-refractivity contribution in [2.24, 2.45) is 0 Å². The average Bonchev–Trinajstić information content (AvgIpc) is 2.63. The molecule has 0 aliphatic heterocycles. The average molecular weight is 330 g/mol. The monoisotopic (exact) mass is 330 g/mol. The second-order valence-electron chi connectivity index (χ2n) is 5.70. The van der Waals surface area contributed by atoms with Crippen LogP contribution in [0, 0.1) is 0 Å². The zero-order valence-corrected chi connectivity index (χ0v) is 13.6. The van der Waals surface area contributed by atoms with Crippen LogP contribution in [-0.2, 0) is 4.79 Å². The molecule has 0 aliphatic rings. The molecule has 0 heterocycles. The molecule has 0 fully saturated rings.